The quantitative estimate of drug-likeness (QED) is 0.274. The highest BCUT2D eigenvalue weighted by atomic mass is 127. The van der Waals surface area contributed by atoms with Gasteiger partial charge in [0, 0.05) is 57.1 Å². The third-order valence-electron chi connectivity index (χ3n) is 5.70. The molecule has 2 saturated heterocycles. The molecule has 1 amide bonds. The number of morpholine rings is 1. The van der Waals surface area contributed by atoms with Crippen molar-refractivity contribution in [1.82, 2.24) is 20.9 Å². The minimum absolute atomic E-state index is 0. The number of nitrogens with zero attached hydrogens (tertiary/aromatic N) is 2. The van der Waals surface area contributed by atoms with Gasteiger partial charge in [0.1, 0.15) is 0 Å². The fourth-order valence-corrected chi connectivity index (χ4v) is 5.42. The topological polar surface area (TPSA) is 78.0 Å². The zero-order valence-electron chi connectivity index (χ0n) is 17.9. The normalized spacial score (nSPS) is 22.3. The van der Waals surface area contributed by atoms with E-state index in [-0.39, 0.29) is 35.4 Å². The standard InChI is InChI=1S/C21H33N5O2S.HI/c1-22-19(27)18-5-3-4-17(14-18)6-8-24-20(23-2)25-15-21(7-13-29-16-21)26-9-11-28-12-10-26;/h3-5,14H,6-13,15-16H2,1-2H3,(H,22,27)(H2,23,24,25);1H. The molecular weight excluding hydrogens is 513 g/mol. The second kappa shape index (κ2) is 12.7. The molecule has 1 aromatic carbocycles. The van der Waals surface area contributed by atoms with Gasteiger partial charge in [-0.05, 0) is 36.3 Å². The Kier molecular flexibility index (Phi) is 10.7. The summed E-state index contributed by atoms with van der Waals surface area (Å²) in [5.41, 5.74) is 2.01. The van der Waals surface area contributed by atoms with Crippen LogP contribution in [0.1, 0.15) is 22.3 Å². The predicted octanol–water partition coefficient (Wildman–Crippen LogP) is 1.58. The van der Waals surface area contributed by atoms with Crippen LogP contribution in [0.2, 0.25) is 0 Å². The molecule has 1 aromatic rings. The second-order valence-electron chi connectivity index (χ2n) is 7.51. The number of hydrogen-bond acceptors (Lipinski definition) is 5. The molecule has 2 aliphatic heterocycles. The molecule has 7 nitrogen and oxygen atoms in total. The van der Waals surface area contributed by atoms with Crippen LogP contribution < -0.4 is 16.0 Å². The summed E-state index contributed by atoms with van der Waals surface area (Å²) in [7, 11) is 3.46. The molecular formula is C21H34IN5O2S. The van der Waals surface area contributed by atoms with E-state index in [1.54, 1.807) is 7.05 Å². The number of rotatable bonds is 7. The molecule has 0 aromatic heterocycles. The minimum atomic E-state index is -0.0554. The van der Waals surface area contributed by atoms with Crippen molar-refractivity contribution in [3.05, 3.63) is 35.4 Å². The Balaban J connectivity index is 0.00000320. The maximum Gasteiger partial charge on any atom is 0.251 e. The molecule has 0 saturated carbocycles. The first-order chi connectivity index (χ1) is 14.2. The van der Waals surface area contributed by atoms with Crippen molar-refractivity contribution in [1.29, 1.82) is 0 Å². The van der Waals surface area contributed by atoms with Gasteiger partial charge in [-0.3, -0.25) is 14.7 Å². The van der Waals surface area contributed by atoms with Crippen molar-refractivity contribution >= 4 is 47.6 Å². The molecule has 168 valence electrons. The van der Waals surface area contributed by atoms with E-state index in [0.29, 0.717) is 5.56 Å². The molecule has 3 rings (SSSR count). The first kappa shape index (κ1) is 25.2. The van der Waals surface area contributed by atoms with Gasteiger partial charge in [-0.1, -0.05) is 12.1 Å². The maximum atomic E-state index is 11.8. The molecule has 1 unspecified atom stereocenters. The Morgan fingerprint density at radius 3 is 2.77 bits per heavy atom. The summed E-state index contributed by atoms with van der Waals surface area (Å²) in [6.45, 7) is 5.33. The van der Waals surface area contributed by atoms with Crippen molar-refractivity contribution in [2.45, 2.75) is 18.4 Å². The monoisotopic (exact) mass is 547 g/mol. The van der Waals surface area contributed by atoms with Crippen LogP contribution in [-0.2, 0) is 11.2 Å². The van der Waals surface area contributed by atoms with Gasteiger partial charge in [0.05, 0.1) is 13.2 Å². The fraction of sp³-hybridized carbons (Fsp3) is 0.619. The molecule has 0 radical (unpaired) electrons. The number of benzene rings is 1. The minimum Gasteiger partial charge on any atom is -0.379 e. The van der Waals surface area contributed by atoms with Crippen LogP contribution in [0.3, 0.4) is 0 Å². The molecule has 2 heterocycles. The van der Waals surface area contributed by atoms with E-state index in [1.165, 1.54) is 12.2 Å². The van der Waals surface area contributed by atoms with E-state index in [9.17, 15) is 4.79 Å². The van der Waals surface area contributed by atoms with Crippen molar-refractivity contribution in [3.8, 4) is 0 Å². The van der Waals surface area contributed by atoms with Gasteiger partial charge in [-0.25, -0.2) is 0 Å². The molecule has 0 aliphatic carbocycles. The van der Waals surface area contributed by atoms with Gasteiger partial charge < -0.3 is 20.7 Å². The van der Waals surface area contributed by atoms with Gasteiger partial charge in [0.25, 0.3) is 5.91 Å². The molecule has 0 spiro atoms. The lowest BCUT2D eigenvalue weighted by molar-refractivity contribution is -0.0120. The summed E-state index contributed by atoms with van der Waals surface area (Å²) >= 11 is 2.04. The van der Waals surface area contributed by atoms with Crippen LogP contribution >= 0.6 is 35.7 Å². The van der Waals surface area contributed by atoms with Crippen LogP contribution in [0.4, 0.5) is 0 Å². The SMILES string of the molecule is CN=C(NCCc1cccc(C(=O)NC)c1)NCC1(N2CCOCC2)CCSC1.I. The molecule has 30 heavy (non-hydrogen) atoms. The van der Waals surface area contributed by atoms with E-state index in [0.717, 1.165) is 63.1 Å². The number of aliphatic imine (C=N–C) groups is 1. The van der Waals surface area contributed by atoms with E-state index < -0.39 is 0 Å². The Hall–Kier alpha value is -1.04. The van der Waals surface area contributed by atoms with Crippen molar-refractivity contribution < 1.29 is 9.53 Å². The number of nitrogens with one attached hydrogen (secondary N) is 3. The molecule has 2 fully saturated rings. The first-order valence-corrected chi connectivity index (χ1v) is 11.5. The summed E-state index contributed by atoms with van der Waals surface area (Å²) < 4.78 is 5.55. The van der Waals surface area contributed by atoms with E-state index >= 15 is 0 Å². The molecule has 2 aliphatic rings. The predicted molar refractivity (Wildman–Crippen MR) is 135 cm³/mol. The summed E-state index contributed by atoms with van der Waals surface area (Å²) in [4.78, 5) is 18.8. The van der Waals surface area contributed by atoms with Crippen molar-refractivity contribution in [2.75, 3.05) is 65.0 Å². The average Bonchev–Trinajstić information content (AvgIpc) is 3.26. The Labute approximate surface area is 201 Å². The zero-order valence-corrected chi connectivity index (χ0v) is 21.1. The summed E-state index contributed by atoms with van der Waals surface area (Å²) in [6, 6.07) is 7.76. The van der Waals surface area contributed by atoms with Crippen LogP contribution in [0.25, 0.3) is 0 Å². The summed E-state index contributed by atoms with van der Waals surface area (Å²) in [5.74, 6) is 3.15. The van der Waals surface area contributed by atoms with E-state index in [4.69, 9.17) is 4.74 Å². The van der Waals surface area contributed by atoms with Crippen LogP contribution in [0.5, 0.6) is 0 Å². The largest absolute Gasteiger partial charge is 0.379 e. The molecule has 1 atom stereocenters. The van der Waals surface area contributed by atoms with Gasteiger partial charge in [0.15, 0.2) is 5.96 Å². The third kappa shape index (κ3) is 6.73. The Bertz CT molecular complexity index is 706. The van der Waals surface area contributed by atoms with Crippen LogP contribution in [-0.4, -0.2) is 87.3 Å². The van der Waals surface area contributed by atoms with Crippen molar-refractivity contribution in [2.24, 2.45) is 4.99 Å². The van der Waals surface area contributed by atoms with Crippen molar-refractivity contribution in [3.63, 3.8) is 0 Å². The lowest BCUT2D eigenvalue weighted by Crippen LogP contribution is -2.60. The Morgan fingerprint density at radius 1 is 1.30 bits per heavy atom. The van der Waals surface area contributed by atoms with Gasteiger partial charge in [-0.2, -0.15) is 11.8 Å². The lowest BCUT2D eigenvalue weighted by atomic mass is 9.95. The number of carbonyl (C=O) groups excluding carboxylic acids is 1. The molecule has 0 bridgehead atoms. The highest BCUT2D eigenvalue weighted by molar-refractivity contribution is 14.0. The van der Waals surface area contributed by atoms with Gasteiger partial charge in [-0.15, -0.1) is 24.0 Å². The summed E-state index contributed by atoms with van der Waals surface area (Å²) in [6.07, 6.45) is 2.03. The van der Waals surface area contributed by atoms with Gasteiger partial charge >= 0.3 is 0 Å². The first-order valence-electron chi connectivity index (χ1n) is 10.3. The highest BCUT2D eigenvalue weighted by Crippen LogP contribution is 2.33. The highest BCUT2D eigenvalue weighted by Gasteiger charge is 2.40. The fourth-order valence-electron chi connectivity index (χ4n) is 3.94. The smallest absolute Gasteiger partial charge is 0.251 e. The van der Waals surface area contributed by atoms with E-state index in [2.05, 4.69) is 25.8 Å². The van der Waals surface area contributed by atoms with Gasteiger partial charge in [0.2, 0.25) is 0 Å². The van der Waals surface area contributed by atoms with Crippen LogP contribution in [0, 0.1) is 0 Å². The maximum absolute atomic E-state index is 11.8. The number of hydrogen-bond donors (Lipinski definition) is 3. The number of amides is 1. The average molecular weight is 548 g/mol. The summed E-state index contributed by atoms with van der Waals surface area (Å²) in [5, 5.41) is 9.64. The zero-order chi connectivity index (χ0) is 20.5. The number of halogens is 1. The molecule has 3 N–H and O–H groups in total. The lowest BCUT2D eigenvalue weighted by Gasteiger charge is -2.43. The van der Waals surface area contributed by atoms with E-state index in [1.807, 2.05) is 43.1 Å². The third-order valence-corrected chi connectivity index (χ3v) is 6.93. The second-order valence-corrected chi connectivity index (χ2v) is 8.61. The number of carbonyl (C=O) groups is 1. The van der Waals surface area contributed by atoms with Crippen LogP contribution in [0.15, 0.2) is 29.3 Å². The number of guanidine groups is 1. The number of ether oxygens (including phenoxy) is 1. The molecule has 9 heteroatoms. The number of thioether (sulfide) groups is 1. The Morgan fingerprint density at radius 2 is 2.10 bits per heavy atom.